The molecule has 1 aromatic heterocycles. The van der Waals surface area contributed by atoms with Gasteiger partial charge in [0.25, 0.3) is 5.91 Å². The smallest absolute Gasteiger partial charge is 0.411 e. The topological polar surface area (TPSA) is 72.4 Å². The van der Waals surface area contributed by atoms with E-state index >= 15 is 0 Å². The van der Waals surface area contributed by atoms with Crippen molar-refractivity contribution in [2.24, 2.45) is 0 Å². The Bertz CT molecular complexity index is 1080. The van der Waals surface area contributed by atoms with Crippen LogP contribution in [0.2, 0.25) is 5.02 Å². The van der Waals surface area contributed by atoms with E-state index in [0.717, 1.165) is 23.1 Å². The van der Waals surface area contributed by atoms with Crippen LogP contribution in [-0.2, 0) is 4.74 Å². The summed E-state index contributed by atoms with van der Waals surface area (Å²) in [6.45, 7) is 3.74. The summed E-state index contributed by atoms with van der Waals surface area (Å²) in [5, 5.41) is 5.62. The molecule has 2 aromatic carbocycles. The van der Waals surface area contributed by atoms with Gasteiger partial charge in [-0.1, -0.05) is 11.6 Å². The van der Waals surface area contributed by atoms with Gasteiger partial charge in [-0.15, -0.1) is 0 Å². The average molecular weight is 416 g/mol. The van der Waals surface area contributed by atoms with Gasteiger partial charge in [-0.2, -0.15) is 0 Å². The molecule has 0 bridgehead atoms. The fraction of sp³-hybridized carbons (Fsp3) is 0.143. The van der Waals surface area contributed by atoms with Gasteiger partial charge in [0.05, 0.1) is 18.4 Å². The van der Waals surface area contributed by atoms with Gasteiger partial charge in [-0.3, -0.25) is 10.1 Å². The molecular formula is C21H19ClFN3O3. The van der Waals surface area contributed by atoms with Gasteiger partial charge >= 0.3 is 6.09 Å². The number of nitrogens with zero attached hydrogens (tertiary/aromatic N) is 1. The third kappa shape index (κ3) is 4.41. The van der Waals surface area contributed by atoms with Gasteiger partial charge < -0.3 is 14.6 Å². The molecule has 3 rings (SSSR count). The van der Waals surface area contributed by atoms with Crippen molar-refractivity contribution >= 4 is 35.0 Å². The number of rotatable bonds is 4. The number of aromatic nitrogens is 1. The van der Waals surface area contributed by atoms with E-state index in [2.05, 4.69) is 15.4 Å². The van der Waals surface area contributed by atoms with Crippen molar-refractivity contribution in [1.29, 1.82) is 0 Å². The first-order valence-corrected chi connectivity index (χ1v) is 9.08. The number of hydrogen-bond acceptors (Lipinski definition) is 3. The highest BCUT2D eigenvalue weighted by Crippen LogP contribution is 2.24. The molecule has 0 unspecified atom stereocenters. The molecule has 0 aliphatic heterocycles. The van der Waals surface area contributed by atoms with Crippen molar-refractivity contribution in [3.8, 4) is 5.69 Å². The first kappa shape index (κ1) is 20.4. The van der Waals surface area contributed by atoms with Crippen molar-refractivity contribution in [2.75, 3.05) is 17.7 Å². The van der Waals surface area contributed by atoms with Crippen LogP contribution in [0.4, 0.5) is 20.6 Å². The molecule has 8 heteroatoms. The largest absolute Gasteiger partial charge is 0.453 e. The maximum Gasteiger partial charge on any atom is 0.411 e. The van der Waals surface area contributed by atoms with Gasteiger partial charge in [0, 0.05) is 27.8 Å². The summed E-state index contributed by atoms with van der Waals surface area (Å²) in [7, 11) is 1.18. The minimum absolute atomic E-state index is 0.0960. The standard InChI is InChI=1S/C21H19ClFN3O3/c1-12-10-17(13(2)26(12)16-7-4-14(22)5-8-16)20(27)24-15-6-9-18(23)19(11-15)25-21(28)29-3/h4-11H,1-3H3,(H,24,27)(H,25,28). The zero-order valence-corrected chi connectivity index (χ0v) is 16.8. The van der Waals surface area contributed by atoms with Gasteiger partial charge in [0.2, 0.25) is 0 Å². The van der Waals surface area contributed by atoms with Crippen LogP contribution < -0.4 is 10.6 Å². The molecule has 0 aliphatic rings. The molecular weight excluding hydrogens is 397 g/mol. The fourth-order valence-corrected chi connectivity index (χ4v) is 3.16. The van der Waals surface area contributed by atoms with Crippen LogP contribution in [0.3, 0.4) is 0 Å². The zero-order valence-electron chi connectivity index (χ0n) is 16.0. The Morgan fingerprint density at radius 3 is 2.38 bits per heavy atom. The molecule has 3 aromatic rings. The van der Waals surface area contributed by atoms with Crippen LogP contribution in [0.5, 0.6) is 0 Å². The summed E-state index contributed by atoms with van der Waals surface area (Å²) < 4.78 is 20.3. The molecule has 0 fully saturated rings. The number of aryl methyl sites for hydroxylation is 1. The van der Waals surface area contributed by atoms with Crippen molar-refractivity contribution in [3.05, 3.63) is 76.3 Å². The van der Waals surface area contributed by atoms with Crippen LogP contribution in [0.25, 0.3) is 5.69 Å². The quantitative estimate of drug-likeness (QED) is 0.606. The number of carbonyl (C=O) groups is 2. The summed E-state index contributed by atoms with van der Waals surface area (Å²) in [5.41, 5.74) is 3.22. The predicted octanol–water partition coefficient (Wildman–Crippen LogP) is 5.32. The number of methoxy groups -OCH3 is 1. The normalized spacial score (nSPS) is 10.5. The minimum atomic E-state index is -0.807. The highest BCUT2D eigenvalue weighted by Gasteiger charge is 2.17. The lowest BCUT2D eigenvalue weighted by atomic mass is 10.2. The highest BCUT2D eigenvalue weighted by atomic mass is 35.5. The van der Waals surface area contributed by atoms with Gasteiger partial charge in [0.1, 0.15) is 5.82 Å². The SMILES string of the molecule is COC(=O)Nc1cc(NC(=O)c2cc(C)n(-c3ccc(Cl)cc3)c2C)ccc1F. The molecule has 0 radical (unpaired) electrons. The van der Waals surface area contributed by atoms with E-state index < -0.39 is 11.9 Å². The highest BCUT2D eigenvalue weighted by molar-refractivity contribution is 6.30. The molecule has 0 saturated heterocycles. The molecule has 0 spiro atoms. The Morgan fingerprint density at radius 1 is 1.03 bits per heavy atom. The summed E-state index contributed by atoms with van der Waals surface area (Å²) in [6.07, 6.45) is -0.807. The van der Waals surface area contributed by atoms with E-state index in [1.807, 2.05) is 30.5 Å². The number of nitrogens with one attached hydrogen (secondary N) is 2. The molecule has 0 saturated carbocycles. The average Bonchev–Trinajstić information content (AvgIpc) is 2.99. The van der Waals surface area contributed by atoms with Gasteiger partial charge in [-0.05, 0) is 62.4 Å². The Labute approximate surface area is 172 Å². The summed E-state index contributed by atoms with van der Waals surface area (Å²) in [5.74, 6) is -0.997. The maximum atomic E-state index is 13.9. The molecule has 1 heterocycles. The molecule has 6 nitrogen and oxygen atoms in total. The Hall–Kier alpha value is -3.32. The first-order valence-electron chi connectivity index (χ1n) is 8.71. The minimum Gasteiger partial charge on any atom is -0.453 e. The Morgan fingerprint density at radius 2 is 1.72 bits per heavy atom. The van der Waals surface area contributed by atoms with E-state index in [4.69, 9.17) is 11.6 Å². The molecule has 150 valence electrons. The molecule has 2 amide bonds. The number of ether oxygens (including phenoxy) is 1. The Kier molecular flexibility index (Phi) is 5.89. The van der Waals surface area contributed by atoms with Crippen LogP contribution in [-0.4, -0.2) is 23.7 Å². The second kappa shape index (κ2) is 8.36. The predicted molar refractivity (Wildman–Crippen MR) is 111 cm³/mol. The number of hydrogen-bond donors (Lipinski definition) is 2. The third-order valence-electron chi connectivity index (χ3n) is 4.41. The van der Waals surface area contributed by atoms with E-state index in [0.29, 0.717) is 16.3 Å². The van der Waals surface area contributed by atoms with Crippen molar-refractivity contribution in [1.82, 2.24) is 4.57 Å². The van der Waals surface area contributed by atoms with Crippen LogP contribution in [0, 0.1) is 19.7 Å². The lowest BCUT2D eigenvalue weighted by Crippen LogP contribution is -2.15. The number of benzene rings is 2. The van der Waals surface area contributed by atoms with Crippen LogP contribution >= 0.6 is 11.6 Å². The van der Waals surface area contributed by atoms with E-state index in [-0.39, 0.29) is 11.6 Å². The third-order valence-corrected chi connectivity index (χ3v) is 4.66. The number of halogens is 2. The monoisotopic (exact) mass is 415 g/mol. The summed E-state index contributed by atoms with van der Waals surface area (Å²) >= 11 is 5.96. The zero-order chi connectivity index (χ0) is 21.1. The number of carbonyl (C=O) groups excluding carboxylic acids is 2. The lowest BCUT2D eigenvalue weighted by molar-refractivity contribution is 0.102. The molecule has 0 aliphatic carbocycles. The van der Waals surface area contributed by atoms with E-state index in [9.17, 15) is 14.0 Å². The first-order chi connectivity index (χ1) is 13.8. The lowest BCUT2D eigenvalue weighted by Gasteiger charge is -2.11. The fourth-order valence-electron chi connectivity index (χ4n) is 3.04. The molecule has 29 heavy (non-hydrogen) atoms. The Balaban J connectivity index is 1.87. The number of amides is 2. The van der Waals surface area contributed by atoms with Crippen LogP contribution in [0.1, 0.15) is 21.7 Å². The van der Waals surface area contributed by atoms with Crippen molar-refractivity contribution in [3.63, 3.8) is 0 Å². The number of anilines is 2. The summed E-state index contributed by atoms with van der Waals surface area (Å²) in [4.78, 5) is 24.1. The second-order valence-electron chi connectivity index (χ2n) is 6.36. The van der Waals surface area contributed by atoms with E-state index in [1.54, 1.807) is 18.2 Å². The maximum absolute atomic E-state index is 13.9. The van der Waals surface area contributed by atoms with E-state index in [1.165, 1.54) is 19.2 Å². The molecule has 2 N–H and O–H groups in total. The van der Waals surface area contributed by atoms with Crippen LogP contribution in [0.15, 0.2) is 48.5 Å². The van der Waals surface area contributed by atoms with Crippen molar-refractivity contribution in [2.45, 2.75) is 13.8 Å². The van der Waals surface area contributed by atoms with Crippen molar-refractivity contribution < 1.29 is 18.7 Å². The second-order valence-corrected chi connectivity index (χ2v) is 6.80. The molecule has 0 atom stereocenters. The summed E-state index contributed by atoms with van der Waals surface area (Å²) in [6, 6.07) is 13.0. The van der Waals surface area contributed by atoms with Gasteiger partial charge in [-0.25, -0.2) is 9.18 Å². The van der Waals surface area contributed by atoms with Gasteiger partial charge in [0.15, 0.2) is 0 Å².